The van der Waals surface area contributed by atoms with Gasteiger partial charge in [-0.1, -0.05) is 117 Å². The minimum atomic E-state index is -1.42. The van der Waals surface area contributed by atoms with E-state index in [1.165, 1.54) is 114 Å². The lowest BCUT2D eigenvalue weighted by Crippen LogP contribution is -2.36. The molecule has 0 aromatic heterocycles. The van der Waals surface area contributed by atoms with Gasteiger partial charge in [0, 0.05) is 7.11 Å². The van der Waals surface area contributed by atoms with Crippen molar-refractivity contribution in [2.45, 2.75) is 135 Å². The molecule has 1 nitrogen and oxygen atoms in total. The summed E-state index contributed by atoms with van der Waals surface area (Å²) in [5.74, 6) is 0. The van der Waals surface area contributed by atoms with Gasteiger partial charge in [-0.05, 0) is 18.1 Å². The summed E-state index contributed by atoms with van der Waals surface area (Å²) in [5, 5.41) is 0. The van der Waals surface area contributed by atoms with Crippen molar-refractivity contribution in [1.82, 2.24) is 0 Å². The first-order chi connectivity index (χ1) is 11.7. The molecule has 0 amide bonds. The third-order valence-corrected chi connectivity index (χ3v) is 10.4. The van der Waals surface area contributed by atoms with E-state index in [0.29, 0.717) is 0 Å². The minimum absolute atomic E-state index is 1.31. The van der Waals surface area contributed by atoms with Gasteiger partial charge in [0.2, 0.25) is 0 Å². The van der Waals surface area contributed by atoms with Gasteiger partial charge < -0.3 is 4.43 Å². The molecule has 0 fully saturated rings. The fraction of sp³-hybridized carbons (Fsp3) is 1.00. The van der Waals surface area contributed by atoms with Crippen LogP contribution in [0.3, 0.4) is 0 Å². The second-order valence-electron chi connectivity index (χ2n) is 7.88. The molecule has 1 unspecified atom stereocenters. The van der Waals surface area contributed by atoms with Crippen molar-refractivity contribution >= 4 is 8.32 Å². The third-order valence-electron chi connectivity index (χ3n) is 5.61. The Labute approximate surface area is 155 Å². The van der Waals surface area contributed by atoms with Crippen molar-refractivity contribution in [2.75, 3.05) is 7.11 Å². The molecule has 1 atom stereocenters. The van der Waals surface area contributed by atoms with Crippen LogP contribution in [0.1, 0.15) is 117 Å². The van der Waals surface area contributed by atoms with E-state index in [9.17, 15) is 0 Å². The van der Waals surface area contributed by atoms with Crippen LogP contribution in [-0.2, 0) is 4.43 Å². The molecule has 0 bridgehead atoms. The van der Waals surface area contributed by atoms with E-state index in [4.69, 9.17) is 4.43 Å². The average molecular weight is 357 g/mol. The standard InChI is InChI=1S/C22H48OSi/c1-5-8-10-12-14-15-17-19-22-24(23-4,20-7-3)21-18-16-13-11-9-6-2/h5-22H2,1-4H3. The number of hydrogen-bond donors (Lipinski definition) is 0. The van der Waals surface area contributed by atoms with Gasteiger partial charge in [-0.25, -0.2) is 0 Å². The van der Waals surface area contributed by atoms with Crippen LogP contribution in [0.25, 0.3) is 0 Å². The predicted molar refractivity (Wildman–Crippen MR) is 113 cm³/mol. The molecule has 2 heteroatoms. The van der Waals surface area contributed by atoms with Crippen LogP contribution in [-0.4, -0.2) is 15.4 Å². The van der Waals surface area contributed by atoms with Crippen molar-refractivity contribution in [3.8, 4) is 0 Å². The van der Waals surface area contributed by atoms with Gasteiger partial charge in [-0.15, -0.1) is 0 Å². The Kier molecular flexibility index (Phi) is 18.1. The molecule has 0 aromatic rings. The van der Waals surface area contributed by atoms with E-state index < -0.39 is 8.32 Å². The highest BCUT2D eigenvalue weighted by atomic mass is 28.4. The quantitative estimate of drug-likeness (QED) is 0.166. The second kappa shape index (κ2) is 18.0. The minimum Gasteiger partial charge on any atom is -0.420 e. The summed E-state index contributed by atoms with van der Waals surface area (Å²) in [4.78, 5) is 0. The summed E-state index contributed by atoms with van der Waals surface area (Å²) in [6.07, 6.45) is 21.2. The monoisotopic (exact) mass is 356 g/mol. The lowest BCUT2D eigenvalue weighted by atomic mass is 10.1. The molecule has 0 aliphatic carbocycles. The molecule has 0 rings (SSSR count). The molecule has 0 aliphatic rings. The molecule has 0 saturated heterocycles. The molecule has 0 radical (unpaired) electrons. The number of unbranched alkanes of at least 4 members (excludes halogenated alkanes) is 12. The lowest BCUT2D eigenvalue weighted by molar-refractivity contribution is 0.382. The zero-order valence-corrected chi connectivity index (χ0v) is 18.6. The Morgan fingerprint density at radius 1 is 0.458 bits per heavy atom. The first-order valence-electron chi connectivity index (χ1n) is 11.3. The van der Waals surface area contributed by atoms with Crippen LogP contribution < -0.4 is 0 Å². The fourth-order valence-electron chi connectivity index (χ4n) is 3.95. The molecule has 0 spiro atoms. The highest BCUT2D eigenvalue weighted by Crippen LogP contribution is 2.29. The summed E-state index contributed by atoms with van der Waals surface area (Å²) in [6, 6.07) is 4.22. The van der Waals surface area contributed by atoms with Crippen LogP contribution in [0.4, 0.5) is 0 Å². The molecule has 24 heavy (non-hydrogen) atoms. The van der Waals surface area contributed by atoms with Crippen molar-refractivity contribution in [2.24, 2.45) is 0 Å². The first-order valence-corrected chi connectivity index (χ1v) is 13.8. The molecule has 0 aliphatic heterocycles. The maximum Gasteiger partial charge on any atom is 0.192 e. The highest BCUT2D eigenvalue weighted by molar-refractivity contribution is 6.73. The maximum absolute atomic E-state index is 6.20. The van der Waals surface area contributed by atoms with Crippen LogP contribution in [0.15, 0.2) is 0 Å². The van der Waals surface area contributed by atoms with E-state index in [2.05, 4.69) is 20.8 Å². The molecular weight excluding hydrogens is 308 g/mol. The van der Waals surface area contributed by atoms with E-state index in [-0.39, 0.29) is 0 Å². The normalized spacial score (nSPS) is 14.0. The van der Waals surface area contributed by atoms with Gasteiger partial charge in [-0.3, -0.25) is 0 Å². The van der Waals surface area contributed by atoms with E-state index in [0.717, 1.165) is 0 Å². The Hall–Kier alpha value is 0.177. The van der Waals surface area contributed by atoms with Gasteiger partial charge in [0.05, 0.1) is 0 Å². The van der Waals surface area contributed by atoms with E-state index in [1.807, 2.05) is 7.11 Å². The van der Waals surface area contributed by atoms with Gasteiger partial charge in [-0.2, -0.15) is 0 Å². The summed E-state index contributed by atoms with van der Waals surface area (Å²) < 4.78 is 6.20. The Balaban J connectivity index is 3.88. The molecule has 0 aromatic carbocycles. The summed E-state index contributed by atoms with van der Waals surface area (Å²) >= 11 is 0. The van der Waals surface area contributed by atoms with Crippen LogP contribution in [0.2, 0.25) is 18.1 Å². The van der Waals surface area contributed by atoms with Crippen molar-refractivity contribution < 1.29 is 4.43 Å². The lowest BCUT2D eigenvalue weighted by Gasteiger charge is -2.30. The Bertz CT molecular complexity index is 244. The van der Waals surface area contributed by atoms with Gasteiger partial charge >= 0.3 is 0 Å². The number of rotatable bonds is 19. The van der Waals surface area contributed by atoms with Crippen molar-refractivity contribution in [3.63, 3.8) is 0 Å². The molecule has 0 heterocycles. The summed E-state index contributed by atoms with van der Waals surface area (Å²) in [7, 11) is 0.598. The van der Waals surface area contributed by atoms with Gasteiger partial charge in [0.25, 0.3) is 0 Å². The summed E-state index contributed by atoms with van der Waals surface area (Å²) in [5.41, 5.74) is 0. The van der Waals surface area contributed by atoms with Crippen LogP contribution in [0, 0.1) is 0 Å². The highest BCUT2D eigenvalue weighted by Gasteiger charge is 2.31. The zero-order chi connectivity index (χ0) is 17.9. The third kappa shape index (κ3) is 13.5. The molecule has 0 saturated carbocycles. The number of hydrogen-bond acceptors (Lipinski definition) is 1. The smallest absolute Gasteiger partial charge is 0.192 e. The maximum atomic E-state index is 6.20. The largest absolute Gasteiger partial charge is 0.420 e. The van der Waals surface area contributed by atoms with Gasteiger partial charge in [0.15, 0.2) is 8.32 Å². The zero-order valence-electron chi connectivity index (χ0n) is 17.6. The van der Waals surface area contributed by atoms with Crippen molar-refractivity contribution in [3.05, 3.63) is 0 Å². The van der Waals surface area contributed by atoms with E-state index >= 15 is 0 Å². The molecule has 0 N–H and O–H groups in total. The van der Waals surface area contributed by atoms with Crippen molar-refractivity contribution in [1.29, 1.82) is 0 Å². The Morgan fingerprint density at radius 2 is 0.833 bits per heavy atom. The van der Waals surface area contributed by atoms with Crippen LogP contribution >= 0.6 is 0 Å². The summed E-state index contributed by atoms with van der Waals surface area (Å²) in [6.45, 7) is 6.94. The predicted octanol–water partition coefficient (Wildman–Crippen LogP) is 8.49. The fourth-order valence-corrected chi connectivity index (χ4v) is 8.01. The second-order valence-corrected chi connectivity index (χ2v) is 12.2. The van der Waals surface area contributed by atoms with E-state index in [1.54, 1.807) is 0 Å². The average Bonchev–Trinajstić information content (AvgIpc) is 2.60. The van der Waals surface area contributed by atoms with Gasteiger partial charge in [0.1, 0.15) is 0 Å². The Morgan fingerprint density at radius 3 is 1.17 bits per heavy atom. The topological polar surface area (TPSA) is 9.23 Å². The molecular formula is C22H48OSi. The SMILES string of the molecule is CCCCCCCCCC[Si](CCC)(CCCCCCCC)OC. The first kappa shape index (κ1) is 24.2. The van der Waals surface area contributed by atoms with Crippen LogP contribution in [0.5, 0.6) is 0 Å². The molecule has 146 valence electrons.